The molecule has 0 saturated heterocycles. The molecule has 0 aliphatic carbocycles. The molecular formula is C13H10BiClO2S. The summed E-state index contributed by atoms with van der Waals surface area (Å²) in [5, 5.41) is 0. The van der Waals surface area contributed by atoms with Gasteiger partial charge < -0.3 is 0 Å². The summed E-state index contributed by atoms with van der Waals surface area (Å²) in [5.74, 6) is 0. The predicted octanol–water partition coefficient (Wildman–Crippen LogP) is 1.49. The second-order valence-electron chi connectivity index (χ2n) is 4.22. The van der Waals surface area contributed by atoms with Crippen LogP contribution in [0.4, 0.5) is 0 Å². The Morgan fingerprint density at radius 2 is 1.67 bits per heavy atom. The SMILES string of the molecule is Cc1ccc2[c](c1)[Bi]([Cl])[c]1ccccc1S2(=O)=O. The summed E-state index contributed by atoms with van der Waals surface area (Å²) in [6, 6.07) is 12.6. The van der Waals surface area contributed by atoms with Crippen LogP contribution in [0.25, 0.3) is 0 Å². The molecule has 1 aliphatic rings. The van der Waals surface area contributed by atoms with Gasteiger partial charge in [0.1, 0.15) is 0 Å². The van der Waals surface area contributed by atoms with Crippen LogP contribution in [-0.2, 0) is 9.84 Å². The molecule has 3 rings (SSSR count). The van der Waals surface area contributed by atoms with Crippen LogP contribution in [0.15, 0.2) is 52.3 Å². The molecule has 0 fully saturated rings. The summed E-state index contributed by atoms with van der Waals surface area (Å²) >= 11 is -2.61. The summed E-state index contributed by atoms with van der Waals surface area (Å²) in [4.78, 5) is 0.828. The maximum atomic E-state index is 12.5. The van der Waals surface area contributed by atoms with Crippen LogP contribution < -0.4 is 6.54 Å². The standard InChI is InChI=1S/C13H10O2S.Bi.ClH/c1-11-7-9-13(10-8-11)16(14,15)12-5-3-2-4-6-12;;/h2-5,7-9H,1H3;;1H/q;+1;/p-1. The van der Waals surface area contributed by atoms with Gasteiger partial charge in [-0.1, -0.05) is 0 Å². The van der Waals surface area contributed by atoms with Crippen molar-refractivity contribution in [1.82, 2.24) is 0 Å². The Balaban J connectivity index is 2.41. The molecule has 0 bridgehead atoms. The molecular weight excluding hydrogens is 465 g/mol. The van der Waals surface area contributed by atoms with E-state index in [1.54, 1.807) is 18.2 Å². The number of hydrogen-bond acceptors (Lipinski definition) is 2. The molecule has 92 valence electrons. The first-order chi connectivity index (χ1) is 8.51. The summed E-state index contributed by atoms with van der Waals surface area (Å²) in [6.45, 7) is 1.96. The number of rotatable bonds is 0. The first kappa shape index (κ1) is 12.6. The van der Waals surface area contributed by atoms with Crippen LogP contribution in [0.3, 0.4) is 0 Å². The van der Waals surface area contributed by atoms with E-state index in [2.05, 4.69) is 0 Å². The fourth-order valence-corrected chi connectivity index (χ4v) is 16.5. The topological polar surface area (TPSA) is 34.1 Å². The van der Waals surface area contributed by atoms with E-state index >= 15 is 0 Å². The molecule has 18 heavy (non-hydrogen) atoms. The molecule has 0 saturated carbocycles. The van der Waals surface area contributed by atoms with Crippen molar-refractivity contribution < 1.29 is 8.42 Å². The fourth-order valence-electron chi connectivity index (χ4n) is 2.10. The predicted molar refractivity (Wildman–Crippen MR) is 73.9 cm³/mol. The van der Waals surface area contributed by atoms with Crippen molar-refractivity contribution in [2.24, 2.45) is 0 Å². The van der Waals surface area contributed by atoms with Crippen LogP contribution >= 0.6 is 8.51 Å². The first-order valence-corrected chi connectivity index (χ1v) is 14.7. The van der Waals surface area contributed by atoms with Gasteiger partial charge in [0.05, 0.1) is 0 Å². The van der Waals surface area contributed by atoms with Gasteiger partial charge in [0.2, 0.25) is 0 Å². The third-order valence-electron chi connectivity index (χ3n) is 2.98. The van der Waals surface area contributed by atoms with Gasteiger partial charge in [0, 0.05) is 0 Å². The first-order valence-electron chi connectivity index (χ1n) is 5.42. The minimum atomic E-state index is -3.38. The van der Waals surface area contributed by atoms with Crippen molar-refractivity contribution in [1.29, 1.82) is 0 Å². The van der Waals surface area contributed by atoms with Crippen molar-refractivity contribution in [3.8, 4) is 0 Å². The molecule has 2 aromatic carbocycles. The number of aryl methyl sites for hydroxylation is 1. The summed E-state index contributed by atoms with van der Waals surface area (Å²) < 4.78 is 26.8. The van der Waals surface area contributed by atoms with E-state index in [1.807, 2.05) is 31.2 Å². The van der Waals surface area contributed by atoms with Crippen LogP contribution in [0.5, 0.6) is 0 Å². The molecule has 2 nitrogen and oxygen atoms in total. The summed E-state index contributed by atoms with van der Waals surface area (Å²) in [5.41, 5.74) is 1.06. The Hall–Kier alpha value is -0.437. The molecule has 1 aliphatic heterocycles. The molecule has 2 aromatic rings. The Bertz CT molecular complexity index is 740. The Morgan fingerprint density at radius 3 is 2.44 bits per heavy atom. The molecule has 0 atom stereocenters. The van der Waals surface area contributed by atoms with E-state index in [0.29, 0.717) is 9.79 Å². The van der Waals surface area contributed by atoms with Gasteiger partial charge in [-0.05, 0) is 0 Å². The van der Waals surface area contributed by atoms with Gasteiger partial charge in [-0.15, -0.1) is 0 Å². The number of hydrogen-bond donors (Lipinski definition) is 0. The zero-order valence-electron chi connectivity index (χ0n) is 9.59. The van der Waals surface area contributed by atoms with Crippen LogP contribution in [-0.4, -0.2) is 29.0 Å². The average molecular weight is 475 g/mol. The third-order valence-corrected chi connectivity index (χ3v) is 15.5. The van der Waals surface area contributed by atoms with E-state index in [-0.39, 0.29) is 0 Å². The molecule has 0 radical (unpaired) electrons. The van der Waals surface area contributed by atoms with Crippen LogP contribution in [0.2, 0.25) is 0 Å². The van der Waals surface area contributed by atoms with Crippen molar-refractivity contribution in [2.45, 2.75) is 16.7 Å². The number of halogens is 1. The monoisotopic (exact) mass is 474 g/mol. The van der Waals surface area contributed by atoms with E-state index in [4.69, 9.17) is 8.51 Å². The van der Waals surface area contributed by atoms with Crippen LogP contribution in [0, 0.1) is 6.92 Å². The van der Waals surface area contributed by atoms with Gasteiger partial charge in [-0.2, -0.15) is 0 Å². The van der Waals surface area contributed by atoms with E-state index in [9.17, 15) is 8.42 Å². The zero-order valence-corrected chi connectivity index (χ0v) is 14.6. The van der Waals surface area contributed by atoms with E-state index < -0.39 is 30.4 Å². The number of sulfone groups is 1. The normalized spacial score (nSPS) is 17.0. The van der Waals surface area contributed by atoms with Crippen LogP contribution in [0.1, 0.15) is 5.56 Å². The fraction of sp³-hybridized carbons (Fsp3) is 0.0769. The van der Waals surface area contributed by atoms with Gasteiger partial charge in [0.15, 0.2) is 0 Å². The molecule has 1 heterocycles. The maximum absolute atomic E-state index is 12.5. The molecule has 0 aromatic heterocycles. The van der Waals surface area contributed by atoms with E-state index in [1.165, 1.54) is 0 Å². The molecule has 0 N–H and O–H groups in total. The van der Waals surface area contributed by atoms with E-state index in [0.717, 1.165) is 12.1 Å². The summed E-state index contributed by atoms with van der Waals surface area (Å²) in [6.07, 6.45) is 0. The molecule has 0 spiro atoms. The van der Waals surface area contributed by atoms with Crippen molar-refractivity contribution in [3.05, 3.63) is 48.0 Å². The minimum absolute atomic E-state index is 0.411. The summed E-state index contributed by atoms with van der Waals surface area (Å²) in [7, 11) is 3.23. The van der Waals surface area contributed by atoms with Crippen molar-refractivity contribution in [2.75, 3.05) is 0 Å². The Labute approximate surface area is 118 Å². The Morgan fingerprint density at radius 1 is 1.00 bits per heavy atom. The van der Waals surface area contributed by atoms with Gasteiger partial charge >= 0.3 is 119 Å². The van der Waals surface area contributed by atoms with Crippen molar-refractivity contribution >= 4 is 45.5 Å². The second-order valence-corrected chi connectivity index (χ2v) is 15.0. The zero-order chi connectivity index (χ0) is 12.9. The van der Waals surface area contributed by atoms with Crippen molar-refractivity contribution in [3.63, 3.8) is 0 Å². The quantitative estimate of drug-likeness (QED) is 0.542. The Kier molecular flexibility index (Phi) is 3.00. The van der Waals surface area contributed by atoms with Gasteiger partial charge in [-0.25, -0.2) is 0 Å². The van der Waals surface area contributed by atoms with Gasteiger partial charge in [-0.3, -0.25) is 0 Å². The molecule has 5 heteroatoms. The third kappa shape index (κ3) is 1.74. The number of fused-ring (bicyclic) bond motifs is 2. The number of benzene rings is 2. The second kappa shape index (κ2) is 4.29. The molecule has 0 unspecified atom stereocenters. The molecule has 0 amide bonds. The average Bonchev–Trinajstić information content (AvgIpc) is 2.36. The van der Waals surface area contributed by atoms with Gasteiger partial charge in [0.25, 0.3) is 0 Å².